The fraction of sp³-hybridized carbons (Fsp3) is 0.364. The smallest absolute Gasteiger partial charge is 0.152 e. The van der Waals surface area contributed by atoms with Crippen molar-refractivity contribution in [3.63, 3.8) is 0 Å². The number of pyridine rings is 1. The van der Waals surface area contributed by atoms with E-state index >= 15 is 0 Å². The van der Waals surface area contributed by atoms with E-state index in [1.807, 2.05) is 30.3 Å². The van der Waals surface area contributed by atoms with Crippen LogP contribution in [0.1, 0.15) is 59.6 Å². The van der Waals surface area contributed by atoms with Crippen LogP contribution in [-0.2, 0) is 10.8 Å². The first-order chi connectivity index (χ1) is 13.6. The predicted octanol–water partition coefficient (Wildman–Crippen LogP) is 5.48. The summed E-state index contributed by atoms with van der Waals surface area (Å²) in [6, 6.07) is 9.52. The number of aromatic nitrogens is 2. The van der Waals surface area contributed by atoms with Crippen LogP contribution in [0.25, 0.3) is 11.0 Å². The summed E-state index contributed by atoms with van der Waals surface area (Å²) in [5.74, 6) is 0.650. The highest BCUT2D eigenvalue weighted by Gasteiger charge is 2.27. The van der Waals surface area contributed by atoms with Crippen LogP contribution in [0.5, 0.6) is 0 Å². The molecular weight excluding hydrogens is 392 g/mol. The molecule has 0 spiro atoms. The number of carbonyl (C=O) groups is 1. The number of carbonyl (C=O) groups excluding carboxylic acids is 1. The van der Waals surface area contributed by atoms with Gasteiger partial charge in [0.15, 0.2) is 6.29 Å². The van der Waals surface area contributed by atoms with Gasteiger partial charge in [-0.3, -0.25) is 9.00 Å². The molecule has 0 radical (unpaired) electrons. The van der Waals surface area contributed by atoms with Crippen molar-refractivity contribution in [2.75, 3.05) is 6.26 Å². The zero-order chi connectivity index (χ0) is 19.7. The number of nitrogens with zero attached hydrogens (tertiary/aromatic N) is 1. The molecule has 2 unspecified atom stereocenters. The summed E-state index contributed by atoms with van der Waals surface area (Å²) < 4.78 is 11.9. The molecule has 2 aromatic heterocycles. The van der Waals surface area contributed by atoms with Crippen molar-refractivity contribution in [1.29, 1.82) is 0 Å². The number of hydrogen-bond donors (Lipinski definition) is 1. The highest BCUT2D eigenvalue weighted by atomic mass is 35.5. The number of aldehydes is 1. The molecule has 0 bridgehead atoms. The van der Waals surface area contributed by atoms with Gasteiger partial charge in [-0.25, -0.2) is 4.98 Å². The third kappa shape index (κ3) is 3.65. The van der Waals surface area contributed by atoms with Crippen molar-refractivity contribution >= 4 is 39.7 Å². The Morgan fingerprint density at radius 2 is 2.11 bits per heavy atom. The summed E-state index contributed by atoms with van der Waals surface area (Å²) in [5.41, 5.74) is 3.34. The topological polar surface area (TPSA) is 62.8 Å². The lowest BCUT2D eigenvalue weighted by Gasteiger charge is -2.22. The molecule has 0 aliphatic heterocycles. The Labute approximate surface area is 172 Å². The van der Waals surface area contributed by atoms with Crippen molar-refractivity contribution in [3.05, 3.63) is 58.4 Å². The van der Waals surface area contributed by atoms with Crippen molar-refractivity contribution < 1.29 is 9.00 Å². The second-order valence-corrected chi connectivity index (χ2v) is 9.31. The second kappa shape index (κ2) is 8.18. The van der Waals surface area contributed by atoms with Crippen LogP contribution >= 0.6 is 11.6 Å². The van der Waals surface area contributed by atoms with Gasteiger partial charge in [0.25, 0.3) is 0 Å². The van der Waals surface area contributed by atoms with Gasteiger partial charge in [-0.2, -0.15) is 0 Å². The molecule has 1 aliphatic carbocycles. The minimum absolute atomic E-state index is 0.0225. The Kier molecular flexibility index (Phi) is 5.65. The van der Waals surface area contributed by atoms with Crippen LogP contribution in [0.3, 0.4) is 0 Å². The average molecular weight is 415 g/mol. The number of halogens is 1. The summed E-state index contributed by atoms with van der Waals surface area (Å²) >= 11 is 6.44. The van der Waals surface area contributed by atoms with E-state index in [1.165, 1.54) is 25.7 Å². The summed E-state index contributed by atoms with van der Waals surface area (Å²) in [6.45, 7) is 0. The van der Waals surface area contributed by atoms with E-state index in [1.54, 1.807) is 12.5 Å². The van der Waals surface area contributed by atoms with E-state index in [9.17, 15) is 9.00 Å². The highest BCUT2D eigenvalue weighted by molar-refractivity contribution is 7.84. The highest BCUT2D eigenvalue weighted by Crippen LogP contribution is 2.40. The number of fused-ring (bicyclic) bond motifs is 1. The van der Waals surface area contributed by atoms with Gasteiger partial charge in [0.2, 0.25) is 0 Å². The van der Waals surface area contributed by atoms with Gasteiger partial charge in [0, 0.05) is 35.0 Å². The van der Waals surface area contributed by atoms with Crippen molar-refractivity contribution in [3.8, 4) is 0 Å². The number of benzene rings is 1. The van der Waals surface area contributed by atoms with Crippen LogP contribution in [0.4, 0.5) is 0 Å². The molecule has 0 saturated heterocycles. The van der Waals surface area contributed by atoms with Gasteiger partial charge >= 0.3 is 0 Å². The Bertz CT molecular complexity index is 1040. The number of nitrogens with one attached hydrogen (secondary N) is 1. The molecule has 1 aromatic carbocycles. The molecule has 3 aromatic rings. The fourth-order valence-electron chi connectivity index (χ4n) is 4.43. The molecule has 6 heteroatoms. The minimum Gasteiger partial charge on any atom is -0.342 e. The normalized spacial score (nSPS) is 17.1. The molecule has 28 heavy (non-hydrogen) atoms. The third-order valence-electron chi connectivity index (χ3n) is 5.82. The van der Waals surface area contributed by atoms with E-state index < -0.39 is 10.8 Å². The average Bonchev–Trinajstić information content (AvgIpc) is 3.32. The first kappa shape index (κ1) is 19.3. The van der Waals surface area contributed by atoms with Crippen LogP contribution in [-0.4, -0.2) is 26.7 Å². The lowest BCUT2D eigenvalue weighted by atomic mass is 9.84. The van der Waals surface area contributed by atoms with Crippen molar-refractivity contribution in [2.24, 2.45) is 5.92 Å². The Morgan fingerprint density at radius 3 is 2.79 bits per heavy atom. The number of rotatable bonds is 6. The number of H-pyrrole nitrogens is 1. The second-order valence-electron chi connectivity index (χ2n) is 7.55. The lowest BCUT2D eigenvalue weighted by molar-refractivity contribution is 0.112. The zero-order valence-electron chi connectivity index (χ0n) is 15.8. The minimum atomic E-state index is -1.13. The SMILES string of the molecule is CS(=O)c1ccc(C(CC2CCCC2)c2[nH]c3ncccc3c2C=O)cc1Cl. The Morgan fingerprint density at radius 1 is 1.32 bits per heavy atom. The fourth-order valence-corrected chi connectivity index (χ4v) is 5.54. The van der Waals surface area contributed by atoms with Crippen LogP contribution in [0.2, 0.25) is 5.02 Å². The Balaban J connectivity index is 1.83. The summed E-state index contributed by atoms with van der Waals surface area (Å²) in [7, 11) is -1.13. The maximum Gasteiger partial charge on any atom is 0.152 e. The molecule has 0 amide bonds. The van der Waals surface area contributed by atoms with E-state index in [4.69, 9.17) is 11.6 Å². The molecule has 2 atom stereocenters. The Hall–Kier alpha value is -1.98. The van der Waals surface area contributed by atoms with E-state index in [0.717, 1.165) is 35.0 Å². The lowest BCUT2D eigenvalue weighted by Crippen LogP contribution is -2.10. The summed E-state index contributed by atoms with van der Waals surface area (Å²) in [6.07, 6.45) is 10.2. The van der Waals surface area contributed by atoms with Gasteiger partial charge in [0.05, 0.1) is 20.7 Å². The predicted molar refractivity (Wildman–Crippen MR) is 114 cm³/mol. The van der Waals surface area contributed by atoms with Gasteiger partial charge in [0.1, 0.15) is 5.65 Å². The third-order valence-corrected chi connectivity index (χ3v) is 7.22. The standard InChI is InChI=1S/C22H23ClN2O2S/c1-28(27)20-9-8-15(12-19(20)23)17(11-14-5-2-3-6-14)21-18(13-26)16-7-4-10-24-22(16)25-21/h4,7-10,12-14,17H,2-3,5-6,11H2,1H3,(H,24,25). The van der Waals surface area contributed by atoms with Gasteiger partial charge in [-0.1, -0.05) is 43.4 Å². The van der Waals surface area contributed by atoms with Gasteiger partial charge < -0.3 is 4.98 Å². The van der Waals surface area contributed by atoms with E-state index in [0.29, 0.717) is 21.4 Å². The number of hydrogen-bond acceptors (Lipinski definition) is 3. The largest absolute Gasteiger partial charge is 0.342 e. The molecular formula is C22H23ClN2O2S. The first-order valence-electron chi connectivity index (χ1n) is 9.63. The van der Waals surface area contributed by atoms with Crippen molar-refractivity contribution in [1.82, 2.24) is 9.97 Å². The molecule has 1 saturated carbocycles. The first-order valence-corrected chi connectivity index (χ1v) is 11.6. The van der Waals surface area contributed by atoms with E-state index in [2.05, 4.69) is 9.97 Å². The molecule has 4 rings (SSSR count). The van der Waals surface area contributed by atoms with E-state index in [-0.39, 0.29) is 5.92 Å². The molecule has 1 fully saturated rings. The van der Waals surface area contributed by atoms with Crippen molar-refractivity contribution in [2.45, 2.75) is 42.9 Å². The molecule has 4 nitrogen and oxygen atoms in total. The van der Waals surface area contributed by atoms with Gasteiger partial charge in [-0.15, -0.1) is 0 Å². The van der Waals surface area contributed by atoms with Crippen LogP contribution in [0, 0.1) is 5.92 Å². The van der Waals surface area contributed by atoms with Crippen LogP contribution in [0.15, 0.2) is 41.4 Å². The molecule has 2 heterocycles. The molecule has 1 aliphatic rings. The molecule has 146 valence electrons. The zero-order valence-corrected chi connectivity index (χ0v) is 17.4. The summed E-state index contributed by atoms with van der Waals surface area (Å²) in [5, 5.41) is 1.36. The number of aromatic amines is 1. The monoisotopic (exact) mass is 414 g/mol. The molecule has 1 N–H and O–H groups in total. The maximum atomic E-state index is 12.0. The summed E-state index contributed by atoms with van der Waals surface area (Å²) in [4.78, 5) is 20.4. The maximum absolute atomic E-state index is 12.0. The van der Waals surface area contributed by atoms with Crippen LogP contribution < -0.4 is 0 Å². The quantitative estimate of drug-likeness (QED) is 0.543. The van der Waals surface area contributed by atoms with Gasteiger partial charge in [-0.05, 0) is 42.2 Å².